The number of fused-ring (bicyclic) bond motifs is 3. The number of alkyl halides is 2. The summed E-state index contributed by atoms with van der Waals surface area (Å²) < 4.78 is 45.2. The van der Waals surface area contributed by atoms with Crippen LogP contribution in [0.1, 0.15) is 42.3 Å². The largest absolute Gasteiger partial charge is 0.465 e. The Morgan fingerprint density at radius 2 is 2.15 bits per heavy atom. The zero-order valence-corrected chi connectivity index (χ0v) is 18.3. The van der Waals surface area contributed by atoms with E-state index in [9.17, 15) is 14.0 Å². The van der Waals surface area contributed by atoms with Crippen molar-refractivity contribution in [3.05, 3.63) is 46.5 Å². The van der Waals surface area contributed by atoms with Crippen LogP contribution in [0.5, 0.6) is 0 Å². The number of carboxylic acid groups (broad SMARTS) is 1. The summed E-state index contributed by atoms with van der Waals surface area (Å²) in [5.41, 5.74) is 0.543. The Morgan fingerprint density at radius 1 is 1.38 bits per heavy atom. The quantitative estimate of drug-likeness (QED) is 0.624. The van der Waals surface area contributed by atoms with Crippen molar-refractivity contribution in [2.24, 2.45) is 5.92 Å². The lowest BCUT2D eigenvalue weighted by atomic mass is 9.95. The summed E-state index contributed by atoms with van der Waals surface area (Å²) in [4.78, 5) is 25.2. The number of halogens is 3. The average molecular weight is 476 g/mol. The topological polar surface area (TPSA) is 123 Å². The molecule has 0 radical (unpaired) electrons. The fraction of sp³-hybridized carbons (Fsp3) is 0.455. The summed E-state index contributed by atoms with van der Waals surface area (Å²) in [6.07, 6.45) is -1.28. The zero-order valence-electron chi connectivity index (χ0n) is 18.3. The number of hydrogen-bond donors (Lipinski definition) is 3. The molecule has 0 aliphatic carbocycles. The molecule has 1 aromatic carbocycles. The fourth-order valence-electron chi connectivity index (χ4n) is 4.53. The minimum Gasteiger partial charge on any atom is -0.465 e. The SMILES string of the molecule is C[C@@H]1Cc2nn3c(c2CN1C(=O)Nc1ccc(F)c(C#N)c1)C(F)(F)CCC(CNC(=O)O)C3. The highest BCUT2D eigenvalue weighted by atomic mass is 19.3. The highest BCUT2D eigenvalue weighted by Gasteiger charge is 2.44. The lowest BCUT2D eigenvalue weighted by molar-refractivity contribution is -0.0219. The van der Waals surface area contributed by atoms with Crippen LogP contribution in [-0.4, -0.2) is 44.5 Å². The van der Waals surface area contributed by atoms with Crippen molar-refractivity contribution < 1.29 is 27.9 Å². The van der Waals surface area contributed by atoms with E-state index in [0.717, 1.165) is 6.07 Å². The first-order valence-corrected chi connectivity index (χ1v) is 10.8. The van der Waals surface area contributed by atoms with Gasteiger partial charge < -0.3 is 20.6 Å². The summed E-state index contributed by atoms with van der Waals surface area (Å²) >= 11 is 0. The van der Waals surface area contributed by atoms with Gasteiger partial charge in [-0.1, -0.05) is 0 Å². The molecule has 0 bridgehead atoms. The summed E-state index contributed by atoms with van der Waals surface area (Å²) in [5, 5.41) is 27.1. The molecule has 34 heavy (non-hydrogen) atoms. The predicted octanol–water partition coefficient (Wildman–Crippen LogP) is 3.64. The first-order valence-electron chi connectivity index (χ1n) is 10.8. The molecule has 4 rings (SSSR count). The van der Waals surface area contributed by atoms with E-state index in [0.29, 0.717) is 11.3 Å². The Morgan fingerprint density at radius 3 is 2.85 bits per heavy atom. The number of nitrogens with one attached hydrogen (secondary N) is 2. The minimum absolute atomic E-state index is 0.0443. The number of carbonyl (C=O) groups is 2. The molecule has 3 N–H and O–H groups in total. The van der Waals surface area contributed by atoms with Gasteiger partial charge in [0.25, 0.3) is 5.92 Å². The molecule has 0 spiro atoms. The van der Waals surface area contributed by atoms with E-state index >= 15 is 8.78 Å². The first-order chi connectivity index (χ1) is 16.1. The van der Waals surface area contributed by atoms with Gasteiger partial charge in [-0.15, -0.1) is 0 Å². The van der Waals surface area contributed by atoms with Crippen LogP contribution in [0, 0.1) is 23.1 Å². The van der Waals surface area contributed by atoms with Gasteiger partial charge in [0, 0.05) is 43.2 Å². The van der Waals surface area contributed by atoms with Crippen molar-refractivity contribution in [2.75, 3.05) is 11.9 Å². The van der Waals surface area contributed by atoms with Crippen LogP contribution in [0.3, 0.4) is 0 Å². The Labute approximate surface area is 193 Å². The van der Waals surface area contributed by atoms with Gasteiger partial charge in [-0.3, -0.25) is 4.68 Å². The molecule has 1 aromatic heterocycles. The van der Waals surface area contributed by atoms with Crippen LogP contribution in [0.25, 0.3) is 0 Å². The molecule has 2 aromatic rings. The highest BCUT2D eigenvalue weighted by molar-refractivity contribution is 5.90. The first kappa shape index (κ1) is 23.4. The van der Waals surface area contributed by atoms with Gasteiger partial charge in [-0.2, -0.15) is 19.1 Å². The van der Waals surface area contributed by atoms with Crippen LogP contribution in [-0.2, 0) is 25.4 Å². The minimum atomic E-state index is -3.18. The van der Waals surface area contributed by atoms with Gasteiger partial charge in [0.2, 0.25) is 0 Å². The smallest absolute Gasteiger partial charge is 0.404 e. The second kappa shape index (κ2) is 8.89. The number of aromatic nitrogens is 2. The molecule has 0 saturated heterocycles. The van der Waals surface area contributed by atoms with E-state index in [-0.39, 0.29) is 61.4 Å². The number of amides is 3. The van der Waals surface area contributed by atoms with E-state index in [1.807, 2.05) is 0 Å². The van der Waals surface area contributed by atoms with Gasteiger partial charge in [0.15, 0.2) is 0 Å². The van der Waals surface area contributed by atoms with Gasteiger partial charge in [-0.05, 0) is 37.5 Å². The number of hydrogen-bond acceptors (Lipinski definition) is 4. The van der Waals surface area contributed by atoms with Crippen molar-refractivity contribution in [3.63, 3.8) is 0 Å². The zero-order chi connectivity index (χ0) is 24.6. The maximum Gasteiger partial charge on any atom is 0.404 e. The number of carbonyl (C=O) groups excluding carboxylic acids is 1. The molecule has 0 saturated carbocycles. The van der Waals surface area contributed by atoms with Crippen molar-refractivity contribution in [1.82, 2.24) is 20.0 Å². The number of anilines is 1. The number of nitriles is 1. The van der Waals surface area contributed by atoms with E-state index in [1.165, 1.54) is 21.7 Å². The van der Waals surface area contributed by atoms with Crippen LogP contribution < -0.4 is 10.6 Å². The maximum absolute atomic E-state index is 15.2. The van der Waals surface area contributed by atoms with Crippen LogP contribution >= 0.6 is 0 Å². The van der Waals surface area contributed by atoms with Gasteiger partial charge >= 0.3 is 12.1 Å². The van der Waals surface area contributed by atoms with Gasteiger partial charge in [0.05, 0.1) is 17.8 Å². The van der Waals surface area contributed by atoms with E-state index < -0.39 is 30.3 Å². The summed E-state index contributed by atoms with van der Waals surface area (Å²) in [6, 6.07) is 4.39. The summed E-state index contributed by atoms with van der Waals surface area (Å²) in [7, 11) is 0. The van der Waals surface area contributed by atoms with Gasteiger partial charge in [0.1, 0.15) is 17.6 Å². The van der Waals surface area contributed by atoms with Gasteiger partial charge in [-0.25, -0.2) is 14.0 Å². The molecule has 2 aliphatic heterocycles. The predicted molar refractivity (Wildman–Crippen MR) is 114 cm³/mol. The van der Waals surface area contributed by atoms with Crippen LogP contribution in [0.15, 0.2) is 18.2 Å². The standard InChI is InChI=1S/C22H23F3N6O3/c1-12-6-18-16(11-30(12)20(32)28-15-2-3-17(23)14(7-15)8-26)19-22(24,25)5-4-13(9-27-21(33)34)10-31(19)29-18/h2-3,7,12-13,27H,4-6,9-11H2,1H3,(H,28,32)(H,33,34)/t12-,13?/m1/s1. The van der Waals surface area contributed by atoms with Crippen molar-refractivity contribution >= 4 is 17.8 Å². The highest BCUT2D eigenvalue weighted by Crippen LogP contribution is 2.42. The average Bonchev–Trinajstić information content (AvgIpc) is 3.07. The molecule has 3 heterocycles. The molecule has 3 amide bonds. The van der Waals surface area contributed by atoms with Crippen LogP contribution in [0.2, 0.25) is 0 Å². The summed E-state index contributed by atoms with van der Waals surface area (Å²) in [6.45, 7) is 1.88. The normalized spacial score (nSPS) is 21.0. The molecule has 9 nitrogen and oxygen atoms in total. The molecular weight excluding hydrogens is 453 g/mol. The third-order valence-electron chi connectivity index (χ3n) is 6.27. The molecule has 180 valence electrons. The molecule has 1 unspecified atom stereocenters. The second-order valence-electron chi connectivity index (χ2n) is 8.67. The molecular formula is C22H23F3N6O3. The fourth-order valence-corrected chi connectivity index (χ4v) is 4.53. The maximum atomic E-state index is 15.2. The Kier molecular flexibility index (Phi) is 6.12. The van der Waals surface area contributed by atoms with E-state index in [1.54, 1.807) is 13.0 Å². The van der Waals surface area contributed by atoms with Crippen molar-refractivity contribution in [1.29, 1.82) is 5.26 Å². The number of rotatable bonds is 3. The lowest BCUT2D eigenvalue weighted by Crippen LogP contribution is -2.45. The molecule has 2 aliphatic rings. The van der Waals surface area contributed by atoms with E-state index in [2.05, 4.69) is 15.7 Å². The third-order valence-corrected chi connectivity index (χ3v) is 6.27. The van der Waals surface area contributed by atoms with Crippen LogP contribution in [0.4, 0.5) is 28.4 Å². The number of nitrogens with zero attached hydrogens (tertiary/aromatic N) is 4. The monoisotopic (exact) mass is 476 g/mol. The number of benzene rings is 1. The summed E-state index contributed by atoms with van der Waals surface area (Å²) in [5.74, 6) is -4.23. The molecule has 2 atom stereocenters. The van der Waals surface area contributed by atoms with E-state index in [4.69, 9.17) is 10.4 Å². The van der Waals surface area contributed by atoms with Crippen molar-refractivity contribution in [2.45, 2.75) is 51.2 Å². The Bertz CT molecular complexity index is 1180. The van der Waals surface area contributed by atoms with Crippen molar-refractivity contribution in [3.8, 4) is 6.07 Å². The third kappa shape index (κ3) is 4.50. The molecule has 0 fully saturated rings. The molecule has 12 heteroatoms. The Hall–Kier alpha value is -3.75. The number of urea groups is 1. The Balaban J connectivity index is 1.58. The second-order valence-corrected chi connectivity index (χ2v) is 8.67. The lowest BCUT2D eigenvalue weighted by Gasteiger charge is -2.33.